The molecule has 1 atom stereocenters. The zero-order valence-corrected chi connectivity index (χ0v) is 20.9. The highest BCUT2D eigenvalue weighted by atomic mass is 16.5. The SMILES string of the molecule is Cc1cc(C)cc(C(=O)Cc2cncc(-c3cc(C)cc(C)c3)c2OCCC2CCCCN2)c1. The smallest absolute Gasteiger partial charge is 0.167 e. The van der Waals surface area contributed by atoms with Crippen LogP contribution in [0.15, 0.2) is 48.8 Å². The first-order valence-electron chi connectivity index (χ1n) is 12.4. The van der Waals surface area contributed by atoms with Gasteiger partial charge in [0.25, 0.3) is 0 Å². The largest absolute Gasteiger partial charge is 0.492 e. The van der Waals surface area contributed by atoms with Crippen LogP contribution in [-0.2, 0) is 6.42 Å². The van der Waals surface area contributed by atoms with Crippen LogP contribution in [0.1, 0.15) is 63.9 Å². The fourth-order valence-corrected chi connectivity index (χ4v) is 5.01. The van der Waals surface area contributed by atoms with Crippen LogP contribution in [0.5, 0.6) is 5.75 Å². The van der Waals surface area contributed by atoms with Crippen molar-refractivity contribution in [3.63, 3.8) is 0 Å². The van der Waals surface area contributed by atoms with Crippen LogP contribution in [0.3, 0.4) is 0 Å². The van der Waals surface area contributed by atoms with Crippen LogP contribution in [-0.4, -0.2) is 30.0 Å². The predicted molar refractivity (Wildman–Crippen MR) is 139 cm³/mol. The number of ketones is 1. The van der Waals surface area contributed by atoms with Crippen LogP contribution >= 0.6 is 0 Å². The normalized spacial score (nSPS) is 15.8. The Morgan fingerprint density at radius 3 is 2.26 bits per heavy atom. The average Bonchev–Trinajstić information content (AvgIpc) is 2.79. The number of carbonyl (C=O) groups excluding carboxylic acids is 1. The van der Waals surface area contributed by atoms with E-state index in [0.29, 0.717) is 12.6 Å². The molecule has 1 N–H and O–H groups in total. The van der Waals surface area contributed by atoms with Crippen LogP contribution in [0, 0.1) is 27.7 Å². The van der Waals surface area contributed by atoms with Gasteiger partial charge < -0.3 is 10.1 Å². The van der Waals surface area contributed by atoms with Crippen molar-refractivity contribution in [2.45, 2.75) is 65.8 Å². The monoisotopic (exact) mass is 456 g/mol. The lowest BCUT2D eigenvalue weighted by molar-refractivity contribution is 0.0991. The van der Waals surface area contributed by atoms with E-state index < -0.39 is 0 Å². The van der Waals surface area contributed by atoms with Crippen LogP contribution in [0.4, 0.5) is 0 Å². The second kappa shape index (κ2) is 11.0. The Hall–Kier alpha value is -2.98. The van der Waals surface area contributed by atoms with E-state index in [4.69, 9.17) is 4.74 Å². The van der Waals surface area contributed by atoms with Crippen molar-refractivity contribution in [2.75, 3.05) is 13.2 Å². The van der Waals surface area contributed by atoms with E-state index >= 15 is 0 Å². The van der Waals surface area contributed by atoms with Gasteiger partial charge >= 0.3 is 0 Å². The summed E-state index contributed by atoms with van der Waals surface area (Å²) in [5.41, 5.74) is 8.21. The number of nitrogens with one attached hydrogen (secondary N) is 1. The summed E-state index contributed by atoms with van der Waals surface area (Å²) in [5, 5.41) is 3.60. The van der Waals surface area contributed by atoms with Gasteiger partial charge in [0.05, 0.1) is 6.61 Å². The fourth-order valence-electron chi connectivity index (χ4n) is 5.01. The van der Waals surface area contributed by atoms with Crippen LogP contribution in [0.2, 0.25) is 0 Å². The topological polar surface area (TPSA) is 51.2 Å². The first-order chi connectivity index (χ1) is 16.4. The number of hydrogen-bond acceptors (Lipinski definition) is 4. The van der Waals surface area contributed by atoms with Gasteiger partial charge in [0.2, 0.25) is 0 Å². The van der Waals surface area contributed by atoms with Crippen molar-refractivity contribution >= 4 is 5.78 Å². The van der Waals surface area contributed by atoms with Gasteiger partial charge in [0.15, 0.2) is 5.78 Å². The Morgan fingerprint density at radius 1 is 0.941 bits per heavy atom. The minimum atomic E-state index is 0.0879. The Kier molecular flexibility index (Phi) is 7.79. The molecule has 1 fully saturated rings. The summed E-state index contributed by atoms with van der Waals surface area (Å²) in [4.78, 5) is 17.8. The van der Waals surface area contributed by atoms with Gasteiger partial charge in [-0.15, -0.1) is 0 Å². The first kappa shape index (κ1) is 24.2. The second-order valence-electron chi connectivity index (χ2n) is 9.81. The van der Waals surface area contributed by atoms with Gasteiger partial charge in [-0.2, -0.15) is 0 Å². The second-order valence-corrected chi connectivity index (χ2v) is 9.81. The lowest BCUT2D eigenvalue weighted by atomic mass is 9.96. The molecule has 1 aliphatic rings. The highest BCUT2D eigenvalue weighted by Crippen LogP contribution is 2.34. The number of Topliss-reactive ketones (excluding diaryl/α,β-unsaturated/α-hetero) is 1. The summed E-state index contributed by atoms with van der Waals surface area (Å²) in [6.45, 7) is 9.96. The average molecular weight is 457 g/mol. The molecule has 0 radical (unpaired) electrons. The molecule has 2 heterocycles. The molecule has 0 spiro atoms. The number of nitrogens with zero attached hydrogens (tertiary/aromatic N) is 1. The third-order valence-corrected chi connectivity index (χ3v) is 6.52. The van der Waals surface area contributed by atoms with Crippen molar-refractivity contribution in [1.29, 1.82) is 0 Å². The highest BCUT2D eigenvalue weighted by Gasteiger charge is 2.19. The van der Waals surface area contributed by atoms with Gasteiger partial charge in [-0.3, -0.25) is 9.78 Å². The Morgan fingerprint density at radius 2 is 1.62 bits per heavy atom. The first-order valence-corrected chi connectivity index (χ1v) is 12.4. The van der Waals surface area contributed by atoms with Gasteiger partial charge in [0.1, 0.15) is 5.75 Å². The van der Waals surface area contributed by atoms with Crippen LogP contribution < -0.4 is 10.1 Å². The van der Waals surface area contributed by atoms with E-state index in [1.54, 1.807) is 6.20 Å². The number of piperidine rings is 1. The molecule has 0 bridgehead atoms. The summed E-state index contributed by atoms with van der Waals surface area (Å²) >= 11 is 0. The third-order valence-electron chi connectivity index (χ3n) is 6.52. The van der Waals surface area contributed by atoms with E-state index in [2.05, 4.69) is 48.4 Å². The molecule has 2 aromatic carbocycles. The number of rotatable bonds is 8. The molecule has 0 saturated carbocycles. The predicted octanol–water partition coefficient (Wildman–Crippen LogP) is 6.32. The molecule has 3 aromatic rings. The molecule has 0 aliphatic carbocycles. The maximum atomic E-state index is 13.3. The molecule has 1 saturated heterocycles. The molecule has 1 aromatic heterocycles. The summed E-state index contributed by atoms with van der Waals surface area (Å²) in [7, 11) is 0. The Labute approximate surface area is 203 Å². The highest BCUT2D eigenvalue weighted by molar-refractivity contribution is 5.98. The number of carbonyl (C=O) groups is 1. The van der Waals surface area contributed by atoms with Crippen LogP contribution in [0.25, 0.3) is 11.1 Å². The van der Waals surface area contributed by atoms with Crippen molar-refractivity contribution in [1.82, 2.24) is 10.3 Å². The van der Waals surface area contributed by atoms with Gasteiger partial charge in [-0.25, -0.2) is 0 Å². The summed E-state index contributed by atoms with van der Waals surface area (Å²) in [6.07, 6.45) is 8.61. The molecule has 4 nitrogen and oxygen atoms in total. The number of benzene rings is 2. The standard InChI is InChI=1S/C30H36N2O2/c1-20-11-21(2)14-24(13-20)28-19-31-18-26(17-29(33)25-15-22(3)12-23(4)16-25)30(28)34-10-8-27-7-5-6-9-32-27/h11-16,18-19,27,32H,5-10,17H2,1-4H3. The van der Waals surface area contributed by atoms with E-state index in [-0.39, 0.29) is 12.2 Å². The molecule has 4 rings (SSSR count). The van der Waals surface area contributed by atoms with Gasteiger partial charge in [0, 0.05) is 41.5 Å². The van der Waals surface area contributed by atoms with Crippen molar-refractivity contribution in [3.05, 3.63) is 82.2 Å². The number of aromatic nitrogens is 1. The van der Waals surface area contributed by atoms with Gasteiger partial charge in [-0.05, 0) is 71.2 Å². The zero-order valence-electron chi connectivity index (χ0n) is 20.9. The number of hydrogen-bond donors (Lipinski definition) is 1. The van der Waals surface area contributed by atoms with Gasteiger partial charge in [-0.1, -0.05) is 52.9 Å². The number of ether oxygens (including phenoxy) is 1. The maximum Gasteiger partial charge on any atom is 0.167 e. The summed E-state index contributed by atoms with van der Waals surface area (Å²) < 4.78 is 6.46. The lowest BCUT2D eigenvalue weighted by Gasteiger charge is -2.24. The zero-order chi connectivity index (χ0) is 24.1. The van der Waals surface area contributed by atoms with Crippen molar-refractivity contribution in [2.24, 2.45) is 0 Å². The maximum absolute atomic E-state index is 13.3. The quantitative estimate of drug-likeness (QED) is 0.403. The summed E-state index contributed by atoms with van der Waals surface area (Å²) in [5.74, 6) is 0.874. The molecular weight excluding hydrogens is 420 g/mol. The van der Waals surface area contributed by atoms with Crippen molar-refractivity contribution < 1.29 is 9.53 Å². The molecule has 34 heavy (non-hydrogen) atoms. The Bertz CT molecular complexity index is 1120. The number of pyridine rings is 1. The molecule has 178 valence electrons. The molecule has 1 unspecified atom stereocenters. The third kappa shape index (κ3) is 6.12. The summed E-state index contributed by atoms with van der Waals surface area (Å²) in [6, 6.07) is 13.0. The fraction of sp³-hybridized carbons (Fsp3) is 0.400. The molecule has 4 heteroatoms. The molecule has 1 aliphatic heterocycles. The van der Waals surface area contributed by atoms with E-state index in [1.165, 1.54) is 30.4 Å². The Balaban J connectivity index is 1.64. The van der Waals surface area contributed by atoms with E-state index in [0.717, 1.165) is 52.1 Å². The number of aryl methyl sites for hydroxylation is 4. The molecule has 0 amide bonds. The van der Waals surface area contributed by atoms with E-state index in [9.17, 15) is 4.79 Å². The molecular formula is C30H36N2O2. The minimum Gasteiger partial charge on any atom is -0.492 e. The van der Waals surface area contributed by atoms with Crippen molar-refractivity contribution in [3.8, 4) is 16.9 Å². The minimum absolute atomic E-state index is 0.0879. The van der Waals surface area contributed by atoms with E-state index in [1.807, 2.05) is 32.2 Å². The lowest BCUT2D eigenvalue weighted by Crippen LogP contribution is -2.35.